The van der Waals surface area contributed by atoms with E-state index in [2.05, 4.69) is 20.6 Å². The molecule has 1 N–H and O–H groups in total. The van der Waals surface area contributed by atoms with Gasteiger partial charge in [0.05, 0.1) is 5.52 Å². The fraction of sp³-hybridized carbons (Fsp3) is 0.600. The Kier molecular flexibility index (Phi) is 2.56. The summed E-state index contributed by atoms with van der Waals surface area (Å²) in [6.07, 6.45) is 5.68. The number of aromatic nitrogens is 3. The number of pyridine rings is 1. The van der Waals surface area contributed by atoms with Crippen LogP contribution < -0.4 is 0 Å². The minimum Gasteiger partial charge on any atom is -0.329 e. The van der Waals surface area contributed by atoms with Crippen LogP contribution in [0.1, 0.15) is 31.4 Å². The van der Waals surface area contributed by atoms with Crippen molar-refractivity contribution >= 4 is 23.4 Å². The Hall–Kier alpha value is -1.16. The highest BCUT2D eigenvalue weighted by Crippen LogP contribution is 2.50. The van der Waals surface area contributed by atoms with Gasteiger partial charge in [-0.15, -0.1) is 0 Å². The molecule has 0 aliphatic heterocycles. The molecule has 19 heavy (non-hydrogen) atoms. The quantitative estimate of drug-likeness (QED) is 0.859. The van der Waals surface area contributed by atoms with Crippen LogP contribution in [-0.4, -0.2) is 14.5 Å². The average Bonchev–Trinajstić information content (AvgIpc) is 3.25. The first-order valence-electron chi connectivity index (χ1n) is 7.28. The fourth-order valence-corrected chi connectivity index (χ4v) is 3.51. The lowest BCUT2D eigenvalue weighted by molar-refractivity contribution is 0.351. The van der Waals surface area contributed by atoms with Crippen LogP contribution in [0.2, 0.25) is 0 Å². The zero-order valence-corrected chi connectivity index (χ0v) is 12.0. The number of imidazole rings is 1. The van der Waals surface area contributed by atoms with Gasteiger partial charge < -0.3 is 9.55 Å². The van der Waals surface area contributed by atoms with Crippen LogP contribution >= 0.6 is 12.2 Å². The second-order valence-corrected chi connectivity index (χ2v) is 6.59. The molecule has 2 aromatic rings. The molecule has 0 atom stereocenters. The summed E-state index contributed by atoms with van der Waals surface area (Å²) in [6.45, 7) is 3.10. The smallest absolute Gasteiger partial charge is 0.179 e. The lowest BCUT2D eigenvalue weighted by Gasteiger charge is -2.16. The molecule has 0 radical (unpaired) electrons. The third kappa shape index (κ3) is 2.12. The Labute approximate surface area is 118 Å². The van der Waals surface area contributed by atoms with Gasteiger partial charge in [-0.2, -0.15) is 0 Å². The average molecular weight is 273 g/mol. The first-order valence-corrected chi connectivity index (χ1v) is 7.69. The maximum absolute atomic E-state index is 5.50. The largest absolute Gasteiger partial charge is 0.329 e. The van der Waals surface area contributed by atoms with Gasteiger partial charge in [-0.05, 0) is 74.7 Å². The minimum absolute atomic E-state index is 0.827. The molecule has 2 aromatic heterocycles. The van der Waals surface area contributed by atoms with Crippen molar-refractivity contribution in [2.75, 3.05) is 0 Å². The highest BCUT2D eigenvalue weighted by Gasteiger charge is 2.41. The van der Waals surface area contributed by atoms with Gasteiger partial charge in [0.25, 0.3) is 0 Å². The first kappa shape index (κ1) is 11.6. The molecule has 0 unspecified atom stereocenters. The van der Waals surface area contributed by atoms with Gasteiger partial charge in [0.15, 0.2) is 10.4 Å². The fourth-order valence-electron chi connectivity index (χ4n) is 3.24. The number of H-pyrrole nitrogens is 1. The molecule has 0 aromatic carbocycles. The number of nitrogens with one attached hydrogen (secondary N) is 1. The zero-order valence-electron chi connectivity index (χ0n) is 11.2. The number of fused-ring (bicyclic) bond motifs is 1. The standard InChI is InChI=1S/C15H19N3S/c1-9-2-7-13-14(16-9)18(15(19)17-13)8-12(10-3-4-10)11-5-6-11/h2,7,10-12H,3-6,8H2,1H3,(H,17,19). The van der Waals surface area contributed by atoms with E-state index in [1.165, 1.54) is 25.7 Å². The summed E-state index contributed by atoms with van der Waals surface area (Å²) in [4.78, 5) is 7.97. The van der Waals surface area contributed by atoms with Crippen molar-refractivity contribution in [2.45, 2.75) is 39.2 Å². The van der Waals surface area contributed by atoms with Gasteiger partial charge in [-0.3, -0.25) is 0 Å². The minimum atomic E-state index is 0.827. The summed E-state index contributed by atoms with van der Waals surface area (Å²) in [7, 11) is 0. The van der Waals surface area contributed by atoms with Crippen molar-refractivity contribution in [3.05, 3.63) is 22.6 Å². The maximum atomic E-state index is 5.50. The number of aryl methyl sites for hydroxylation is 1. The van der Waals surface area contributed by atoms with Crippen molar-refractivity contribution < 1.29 is 0 Å². The van der Waals surface area contributed by atoms with Crippen molar-refractivity contribution in [1.29, 1.82) is 0 Å². The summed E-state index contributed by atoms with van der Waals surface area (Å²) in [5, 5.41) is 0. The Balaban J connectivity index is 1.74. The Morgan fingerprint density at radius 1 is 1.32 bits per heavy atom. The molecule has 3 nitrogen and oxygen atoms in total. The van der Waals surface area contributed by atoms with Crippen molar-refractivity contribution in [3.8, 4) is 0 Å². The summed E-state index contributed by atoms with van der Waals surface area (Å²) in [5.41, 5.74) is 3.17. The van der Waals surface area contributed by atoms with Crippen LogP contribution in [0, 0.1) is 29.4 Å². The number of rotatable bonds is 4. The van der Waals surface area contributed by atoms with E-state index in [1.807, 2.05) is 13.0 Å². The van der Waals surface area contributed by atoms with Gasteiger partial charge in [0.2, 0.25) is 0 Å². The number of hydrogen-bond acceptors (Lipinski definition) is 2. The van der Waals surface area contributed by atoms with Crippen LogP contribution in [0.4, 0.5) is 0 Å². The highest BCUT2D eigenvalue weighted by molar-refractivity contribution is 7.71. The van der Waals surface area contributed by atoms with Crippen LogP contribution in [0.5, 0.6) is 0 Å². The number of aromatic amines is 1. The van der Waals surface area contributed by atoms with Crippen LogP contribution in [0.25, 0.3) is 11.2 Å². The summed E-state index contributed by atoms with van der Waals surface area (Å²) in [5.74, 6) is 2.72. The molecule has 2 heterocycles. The Morgan fingerprint density at radius 3 is 2.63 bits per heavy atom. The molecular weight excluding hydrogens is 254 g/mol. The van der Waals surface area contributed by atoms with Crippen LogP contribution in [0.3, 0.4) is 0 Å². The summed E-state index contributed by atoms with van der Waals surface area (Å²) in [6, 6.07) is 4.13. The topological polar surface area (TPSA) is 33.6 Å². The van der Waals surface area contributed by atoms with E-state index in [9.17, 15) is 0 Å². The van der Waals surface area contributed by atoms with Crippen LogP contribution in [-0.2, 0) is 6.54 Å². The zero-order chi connectivity index (χ0) is 13.0. The molecular formula is C15H19N3S. The van der Waals surface area contributed by atoms with Gasteiger partial charge in [-0.25, -0.2) is 4.98 Å². The number of nitrogens with zero attached hydrogens (tertiary/aromatic N) is 2. The third-order valence-corrected chi connectivity index (χ3v) is 4.93. The van der Waals surface area contributed by atoms with Crippen molar-refractivity contribution in [1.82, 2.24) is 14.5 Å². The van der Waals surface area contributed by atoms with E-state index in [1.54, 1.807) is 0 Å². The molecule has 2 fully saturated rings. The molecule has 2 saturated carbocycles. The highest BCUT2D eigenvalue weighted by atomic mass is 32.1. The predicted octanol–water partition coefficient (Wildman–Crippen LogP) is 3.84. The molecule has 4 rings (SSSR count). The molecule has 0 bridgehead atoms. The summed E-state index contributed by atoms with van der Waals surface area (Å²) < 4.78 is 3.07. The van der Waals surface area contributed by atoms with E-state index in [0.29, 0.717) is 0 Å². The van der Waals surface area contributed by atoms with Crippen LogP contribution in [0.15, 0.2) is 12.1 Å². The van der Waals surface area contributed by atoms with Crippen molar-refractivity contribution in [3.63, 3.8) is 0 Å². The van der Waals surface area contributed by atoms with Gasteiger partial charge in [-0.1, -0.05) is 0 Å². The first-order chi connectivity index (χ1) is 9.22. The van der Waals surface area contributed by atoms with E-state index in [-0.39, 0.29) is 0 Å². The van der Waals surface area contributed by atoms with Gasteiger partial charge >= 0.3 is 0 Å². The molecule has 0 saturated heterocycles. The molecule has 2 aliphatic carbocycles. The lowest BCUT2D eigenvalue weighted by Crippen LogP contribution is -2.15. The van der Waals surface area contributed by atoms with E-state index in [4.69, 9.17) is 12.2 Å². The van der Waals surface area contributed by atoms with Crippen molar-refractivity contribution in [2.24, 2.45) is 17.8 Å². The second kappa shape index (κ2) is 4.17. The maximum Gasteiger partial charge on any atom is 0.179 e. The monoisotopic (exact) mass is 273 g/mol. The predicted molar refractivity (Wildman–Crippen MR) is 78.6 cm³/mol. The Bertz CT molecular complexity index is 664. The normalized spacial score (nSPS) is 19.5. The van der Waals surface area contributed by atoms with E-state index < -0.39 is 0 Å². The van der Waals surface area contributed by atoms with E-state index in [0.717, 1.165) is 45.9 Å². The molecule has 2 aliphatic rings. The summed E-state index contributed by atoms with van der Waals surface area (Å²) >= 11 is 5.50. The Morgan fingerprint density at radius 2 is 2.00 bits per heavy atom. The van der Waals surface area contributed by atoms with Gasteiger partial charge in [0.1, 0.15) is 0 Å². The molecule has 0 spiro atoms. The van der Waals surface area contributed by atoms with E-state index >= 15 is 0 Å². The SMILES string of the molecule is Cc1ccc2[nH]c(=S)n(CC(C3CC3)C3CC3)c2n1. The molecule has 4 heteroatoms. The molecule has 0 amide bonds. The second-order valence-electron chi connectivity index (χ2n) is 6.20. The lowest BCUT2D eigenvalue weighted by atomic mass is 9.98. The number of hydrogen-bond donors (Lipinski definition) is 1. The molecule has 100 valence electrons. The third-order valence-electron chi connectivity index (χ3n) is 4.61. The van der Waals surface area contributed by atoms with Gasteiger partial charge in [0, 0.05) is 12.2 Å².